The van der Waals surface area contributed by atoms with Gasteiger partial charge in [-0.15, -0.1) is 0 Å². The van der Waals surface area contributed by atoms with Crippen LogP contribution >= 0.6 is 0 Å². The number of hydrogen-bond donors (Lipinski definition) is 2. The van der Waals surface area contributed by atoms with E-state index in [-0.39, 0.29) is 19.3 Å². The molecule has 1 aliphatic heterocycles. The van der Waals surface area contributed by atoms with Gasteiger partial charge in [-0.05, 0) is 6.42 Å². The van der Waals surface area contributed by atoms with E-state index in [2.05, 4.69) is 10.1 Å². The van der Waals surface area contributed by atoms with Gasteiger partial charge < -0.3 is 19.9 Å². The Morgan fingerprint density at radius 3 is 3.17 bits per heavy atom. The Morgan fingerprint density at radius 2 is 2.58 bits per heavy atom. The monoisotopic (exact) mass is 175 g/mol. The molecule has 1 rings (SSSR count). The fraction of sp³-hybridized carbons (Fsp3) is 0.857. The van der Waals surface area contributed by atoms with Crippen LogP contribution in [0.3, 0.4) is 0 Å². The molecule has 0 bridgehead atoms. The Kier molecular flexibility index (Phi) is 3.83. The number of amides is 1. The van der Waals surface area contributed by atoms with Crippen molar-refractivity contribution in [2.45, 2.75) is 12.5 Å². The Balaban J connectivity index is 2.08. The largest absolute Gasteiger partial charge is 0.447 e. The molecule has 1 saturated heterocycles. The normalized spacial score (nSPS) is 22.2. The molecule has 0 aromatic carbocycles. The lowest BCUT2D eigenvalue weighted by molar-refractivity contribution is 0.114. The predicted molar refractivity (Wildman–Crippen MR) is 40.8 cm³/mol. The van der Waals surface area contributed by atoms with Gasteiger partial charge in [0.25, 0.3) is 0 Å². The van der Waals surface area contributed by atoms with Crippen LogP contribution in [0, 0.1) is 0 Å². The van der Waals surface area contributed by atoms with Gasteiger partial charge in [0.2, 0.25) is 0 Å². The average molecular weight is 175 g/mol. The second-order valence-corrected chi connectivity index (χ2v) is 2.56. The number of aliphatic hydroxyl groups is 1. The summed E-state index contributed by atoms with van der Waals surface area (Å²) in [5.74, 6) is 0. The standard InChI is InChI=1S/C7H13NO4/c9-2-4-12-7(10)8-6-1-3-11-5-6/h6,9H,1-5H2,(H,8,10). The molecule has 0 aromatic heterocycles. The van der Waals surface area contributed by atoms with E-state index in [1.807, 2.05) is 0 Å². The van der Waals surface area contributed by atoms with Gasteiger partial charge in [-0.25, -0.2) is 4.79 Å². The van der Waals surface area contributed by atoms with Crippen LogP contribution in [0.15, 0.2) is 0 Å². The molecule has 1 heterocycles. The summed E-state index contributed by atoms with van der Waals surface area (Å²) in [4.78, 5) is 10.9. The summed E-state index contributed by atoms with van der Waals surface area (Å²) < 4.78 is 9.64. The molecule has 1 fully saturated rings. The summed E-state index contributed by atoms with van der Waals surface area (Å²) in [6.45, 7) is 1.13. The van der Waals surface area contributed by atoms with Gasteiger partial charge in [-0.2, -0.15) is 0 Å². The van der Waals surface area contributed by atoms with Crippen molar-refractivity contribution >= 4 is 6.09 Å². The first-order chi connectivity index (χ1) is 5.83. The summed E-state index contributed by atoms with van der Waals surface area (Å²) in [7, 11) is 0. The first-order valence-corrected chi connectivity index (χ1v) is 3.95. The number of aliphatic hydroxyl groups excluding tert-OH is 1. The molecule has 2 N–H and O–H groups in total. The minimum absolute atomic E-state index is 0.0411. The van der Waals surface area contributed by atoms with E-state index >= 15 is 0 Å². The van der Waals surface area contributed by atoms with Crippen molar-refractivity contribution in [2.24, 2.45) is 0 Å². The highest BCUT2D eigenvalue weighted by Crippen LogP contribution is 2.02. The quantitative estimate of drug-likeness (QED) is 0.606. The second kappa shape index (κ2) is 4.95. The number of alkyl carbamates (subject to hydrolysis) is 1. The molecule has 70 valence electrons. The van der Waals surface area contributed by atoms with Gasteiger partial charge in [0.1, 0.15) is 6.61 Å². The lowest BCUT2D eigenvalue weighted by atomic mass is 10.3. The topological polar surface area (TPSA) is 67.8 Å². The van der Waals surface area contributed by atoms with E-state index < -0.39 is 6.09 Å². The van der Waals surface area contributed by atoms with Crippen LogP contribution < -0.4 is 5.32 Å². The lowest BCUT2D eigenvalue weighted by Crippen LogP contribution is -2.35. The molecular weight excluding hydrogens is 162 g/mol. The highest BCUT2D eigenvalue weighted by molar-refractivity contribution is 5.67. The lowest BCUT2D eigenvalue weighted by Gasteiger charge is -2.09. The maximum atomic E-state index is 10.9. The Bertz CT molecular complexity index is 144. The van der Waals surface area contributed by atoms with Crippen molar-refractivity contribution in [3.05, 3.63) is 0 Å². The minimum Gasteiger partial charge on any atom is -0.447 e. The van der Waals surface area contributed by atoms with E-state index in [0.717, 1.165) is 6.42 Å². The Hall–Kier alpha value is -0.810. The van der Waals surface area contributed by atoms with Crippen LogP contribution in [-0.4, -0.2) is 43.7 Å². The number of nitrogens with one attached hydrogen (secondary N) is 1. The summed E-state index contributed by atoms with van der Waals surface area (Å²) >= 11 is 0. The molecule has 0 saturated carbocycles. The molecule has 1 unspecified atom stereocenters. The molecule has 1 aliphatic rings. The van der Waals surface area contributed by atoms with Crippen molar-refractivity contribution in [3.63, 3.8) is 0 Å². The third-order valence-corrected chi connectivity index (χ3v) is 1.58. The minimum atomic E-state index is -0.487. The molecule has 1 atom stereocenters. The van der Waals surface area contributed by atoms with E-state index in [4.69, 9.17) is 9.84 Å². The SMILES string of the molecule is O=C(NC1CCOC1)OCCO. The van der Waals surface area contributed by atoms with E-state index in [9.17, 15) is 4.79 Å². The molecule has 12 heavy (non-hydrogen) atoms. The van der Waals surface area contributed by atoms with Gasteiger partial charge in [0.05, 0.1) is 19.3 Å². The maximum Gasteiger partial charge on any atom is 0.407 e. The zero-order valence-corrected chi connectivity index (χ0v) is 6.78. The van der Waals surface area contributed by atoms with E-state index in [1.165, 1.54) is 0 Å². The number of rotatable bonds is 3. The highest BCUT2D eigenvalue weighted by atomic mass is 16.6. The van der Waals surface area contributed by atoms with Crippen molar-refractivity contribution in [1.29, 1.82) is 0 Å². The van der Waals surface area contributed by atoms with Crippen molar-refractivity contribution < 1.29 is 19.4 Å². The molecule has 5 nitrogen and oxygen atoms in total. The van der Waals surface area contributed by atoms with Gasteiger partial charge in [0, 0.05) is 6.61 Å². The molecular formula is C7H13NO4. The van der Waals surface area contributed by atoms with Crippen LogP contribution in [0.5, 0.6) is 0 Å². The second-order valence-electron chi connectivity index (χ2n) is 2.56. The molecule has 1 amide bonds. The molecule has 0 spiro atoms. The number of carbonyl (C=O) groups is 1. The third kappa shape index (κ3) is 3.06. The summed E-state index contributed by atoms with van der Waals surface area (Å²) in [5.41, 5.74) is 0. The first-order valence-electron chi connectivity index (χ1n) is 3.95. The van der Waals surface area contributed by atoms with Crippen molar-refractivity contribution in [2.75, 3.05) is 26.4 Å². The summed E-state index contributed by atoms with van der Waals surface area (Å²) in [5, 5.41) is 11.0. The zero-order valence-electron chi connectivity index (χ0n) is 6.78. The fourth-order valence-electron chi connectivity index (χ4n) is 0.995. The maximum absolute atomic E-state index is 10.9. The fourth-order valence-corrected chi connectivity index (χ4v) is 0.995. The van der Waals surface area contributed by atoms with E-state index in [1.54, 1.807) is 0 Å². The molecule has 0 aliphatic carbocycles. The van der Waals surface area contributed by atoms with Crippen LogP contribution in [0.2, 0.25) is 0 Å². The Labute approximate surface area is 70.7 Å². The van der Waals surface area contributed by atoms with E-state index in [0.29, 0.717) is 13.2 Å². The van der Waals surface area contributed by atoms with Crippen LogP contribution in [0.25, 0.3) is 0 Å². The van der Waals surface area contributed by atoms with Gasteiger partial charge in [0.15, 0.2) is 0 Å². The van der Waals surface area contributed by atoms with Crippen molar-refractivity contribution in [1.82, 2.24) is 5.32 Å². The average Bonchev–Trinajstić information content (AvgIpc) is 2.53. The summed E-state index contributed by atoms with van der Waals surface area (Å²) in [6, 6.07) is 0.0659. The molecule has 5 heteroatoms. The smallest absolute Gasteiger partial charge is 0.407 e. The third-order valence-electron chi connectivity index (χ3n) is 1.58. The first kappa shape index (κ1) is 9.28. The number of ether oxygens (including phenoxy) is 2. The van der Waals surface area contributed by atoms with Crippen molar-refractivity contribution in [3.8, 4) is 0 Å². The van der Waals surface area contributed by atoms with Gasteiger partial charge in [-0.1, -0.05) is 0 Å². The van der Waals surface area contributed by atoms with Gasteiger partial charge >= 0.3 is 6.09 Å². The van der Waals surface area contributed by atoms with Crippen LogP contribution in [0.4, 0.5) is 4.79 Å². The Morgan fingerprint density at radius 1 is 1.75 bits per heavy atom. The summed E-state index contributed by atoms with van der Waals surface area (Å²) in [6.07, 6.45) is 0.341. The molecule has 0 radical (unpaired) electrons. The highest BCUT2D eigenvalue weighted by Gasteiger charge is 2.17. The molecule has 0 aromatic rings. The predicted octanol–water partition coefficient (Wildman–Crippen LogP) is -0.506. The zero-order chi connectivity index (χ0) is 8.81. The number of carbonyl (C=O) groups excluding carboxylic acids is 1. The van der Waals surface area contributed by atoms with Crippen LogP contribution in [0.1, 0.15) is 6.42 Å². The van der Waals surface area contributed by atoms with Crippen LogP contribution in [-0.2, 0) is 9.47 Å². The number of hydrogen-bond acceptors (Lipinski definition) is 4. The van der Waals surface area contributed by atoms with Gasteiger partial charge in [-0.3, -0.25) is 0 Å².